The molecule has 3 aromatic carbocycles. The van der Waals surface area contributed by atoms with Crippen LogP contribution in [-0.2, 0) is 11.8 Å². The molecule has 34 heavy (non-hydrogen) atoms. The van der Waals surface area contributed by atoms with Crippen molar-refractivity contribution in [3.63, 3.8) is 0 Å². The second-order valence-electron chi connectivity index (χ2n) is 9.26. The van der Waals surface area contributed by atoms with E-state index >= 15 is 0 Å². The number of aryl methyl sites for hydroxylation is 3. The highest BCUT2D eigenvalue weighted by atomic mass is 19.4. The maximum absolute atomic E-state index is 14.0. The number of aromatic amines is 1. The summed E-state index contributed by atoms with van der Waals surface area (Å²) >= 11 is 0. The van der Waals surface area contributed by atoms with Gasteiger partial charge in [0.2, 0.25) is 0 Å². The van der Waals surface area contributed by atoms with Crippen molar-refractivity contribution in [1.82, 2.24) is 9.97 Å². The fourth-order valence-corrected chi connectivity index (χ4v) is 4.14. The van der Waals surface area contributed by atoms with Crippen molar-refractivity contribution in [2.24, 2.45) is 0 Å². The Morgan fingerprint density at radius 2 is 1.44 bits per heavy atom. The molecule has 4 aromatic rings. The SMILES string of the molecule is Cc1cc(C)c(-c2ccc(-c3ncc(C(C)(C)O)[nH]3)cc2-c2ccccc2C(F)(F)F)cc1C. The zero-order valence-electron chi connectivity index (χ0n) is 19.8. The van der Waals surface area contributed by atoms with Crippen LogP contribution in [0.2, 0.25) is 0 Å². The number of hydrogen-bond donors (Lipinski definition) is 2. The quantitative estimate of drug-likeness (QED) is 0.327. The summed E-state index contributed by atoms with van der Waals surface area (Å²) in [6.07, 6.45) is -2.96. The molecule has 0 spiro atoms. The number of halogens is 3. The second-order valence-corrected chi connectivity index (χ2v) is 9.26. The molecule has 3 nitrogen and oxygen atoms in total. The predicted octanol–water partition coefficient (Wildman–Crippen LogP) is 7.58. The Hall–Kier alpha value is -3.38. The number of rotatable bonds is 4. The van der Waals surface area contributed by atoms with Crippen molar-refractivity contribution < 1.29 is 18.3 Å². The molecule has 0 bridgehead atoms. The fourth-order valence-electron chi connectivity index (χ4n) is 4.14. The maximum Gasteiger partial charge on any atom is 0.417 e. The summed E-state index contributed by atoms with van der Waals surface area (Å²) in [5.74, 6) is 0.478. The molecule has 0 fully saturated rings. The fraction of sp³-hybridized carbons (Fsp3) is 0.250. The van der Waals surface area contributed by atoms with Gasteiger partial charge in [-0.1, -0.05) is 42.5 Å². The lowest BCUT2D eigenvalue weighted by molar-refractivity contribution is -0.137. The second kappa shape index (κ2) is 8.44. The van der Waals surface area contributed by atoms with Crippen molar-refractivity contribution >= 4 is 0 Å². The Morgan fingerprint density at radius 1 is 0.765 bits per heavy atom. The first kappa shape index (κ1) is 23.8. The molecule has 0 amide bonds. The Bertz CT molecular complexity index is 1360. The third kappa shape index (κ3) is 4.50. The van der Waals surface area contributed by atoms with Crippen LogP contribution in [0.25, 0.3) is 33.6 Å². The summed E-state index contributed by atoms with van der Waals surface area (Å²) in [6.45, 7) is 9.27. The van der Waals surface area contributed by atoms with E-state index in [9.17, 15) is 18.3 Å². The van der Waals surface area contributed by atoms with Gasteiger partial charge in [-0.05, 0) is 85.7 Å². The number of nitrogens with zero attached hydrogens (tertiary/aromatic N) is 1. The van der Waals surface area contributed by atoms with Crippen LogP contribution in [0, 0.1) is 20.8 Å². The lowest BCUT2D eigenvalue weighted by Gasteiger charge is -2.19. The molecule has 0 radical (unpaired) electrons. The van der Waals surface area contributed by atoms with Crippen LogP contribution >= 0.6 is 0 Å². The van der Waals surface area contributed by atoms with Crippen LogP contribution < -0.4 is 0 Å². The predicted molar refractivity (Wildman–Crippen MR) is 129 cm³/mol. The van der Waals surface area contributed by atoms with Crippen LogP contribution in [0.1, 0.15) is 41.8 Å². The summed E-state index contributed by atoms with van der Waals surface area (Å²) in [5, 5.41) is 10.3. The first-order chi connectivity index (χ1) is 15.9. The summed E-state index contributed by atoms with van der Waals surface area (Å²) in [7, 11) is 0. The van der Waals surface area contributed by atoms with E-state index in [0.29, 0.717) is 22.6 Å². The number of aliphatic hydroxyl groups is 1. The number of aromatic nitrogens is 2. The highest BCUT2D eigenvalue weighted by molar-refractivity contribution is 5.89. The van der Waals surface area contributed by atoms with Gasteiger partial charge in [0.05, 0.1) is 17.5 Å². The first-order valence-electron chi connectivity index (χ1n) is 11.0. The maximum atomic E-state index is 14.0. The Balaban J connectivity index is 2.00. The molecular weight excluding hydrogens is 437 g/mol. The molecule has 176 valence electrons. The molecule has 0 saturated heterocycles. The molecule has 0 aliphatic carbocycles. The van der Waals surface area contributed by atoms with Crippen molar-refractivity contribution in [2.75, 3.05) is 0 Å². The minimum absolute atomic E-state index is 0.110. The Kier molecular flexibility index (Phi) is 5.90. The van der Waals surface area contributed by atoms with E-state index in [1.54, 1.807) is 32.2 Å². The van der Waals surface area contributed by atoms with E-state index in [-0.39, 0.29) is 5.56 Å². The van der Waals surface area contributed by atoms with E-state index in [1.807, 2.05) is 39.0 Å². The van der Waals surface area contributed by atoms with Gasteiger partial charge in [0, 0.05) is 5.56 Å². The number of benzene rings is 3. The molecule has 0 unspecified atom stereocenters. The van der Waals surface area contributed by atoms with Gasteiger partial charge in [0.1, 0.15) is 11.4 Å². The van der Waals surface area contributed by atoms with Gasteiger partial charge in [-0.15, -0.1) is 0 Å². The summed E-state index contributed by atoms with van der Waals surface area (Å²) < 4.78 is 41.9. The minimum atomic E-state index is -4.50. The zero-order valence-corrected chi connectivity index (χ0v) is 19.8. The highest BCUT2D eigenvalue weighted by Crippen LogP contribution is 2.43. The number of hydrogen-bond acceptors (Lipinski definition) is 2. The smallest absolute Gasteiger partial charge is 0.384 e. The van der Waals surface area contributed by atoms with Gasteiger partial charge in [0.15, 0.2) is 0 Å². The van der Waals surface area contributed by atoms with Crippen LogP contribution in [-0.4, -0.2) is 15.1 Å². The normalized spacial score (nSPS) is 12.3. The monoisotopic (exact) mass is 464 g/mol. The van der Waals surface area contributed by atoms with Crippen molar-refractivity contribution in [3.8, 4) is 33.6 Å². The van der Waals surface area contributed by atoms with Crippen LogP contribution in [0.5, 0.6) is 0 Å². The van der Waals surface area contributed by atoms with Gasteiger partial charge >= 0.3 is 6.18 Å². The van der Waals surface area contributed by atoms with Crippen LogP contribution in [0.4, 0.5) is 13.2 Å². The molecular formula is C28H27F3N2O. The van der Waals surface area contributed by atoms with E-state index < -0.39 is 17.3 Å². The van der Waals surface area contributed by atoms with E-state index in [4.69, 9.17) is 0 Å². The third-order valence-electron chi connectivity index (χ3n) is 6.18. The van der Waals surface area contributed by atoms with E-state index in [0.717, 1.165) is 33.9 Å². The van der Waals surface area contributed by atoms with Crippen LogP contribution in [0.15, 0.2) is 60.8 Å². The summed E-state index contributed by atoms with van der Waals surface area (Å²) in [4.78, 5) is 7.46. The van der Waals surface area contributed by atoms with Crippen molar-refractivity contribution in [2.45, 2.75) is 46.4 Å². The van der Waals surface area contributed by atoms with Gasteiger partial charge in [-0.25, -0.2) is 4.98 Å². The highest BCUT2D eigenvalue weighted by Gasteiger charge is 2.34. The van der Waals surface area contributed by atoms with Gasteiger partial charge in [-0.2, -0.15) is 13.2 Å². The van der Waals surface area contributed by atoms with E-state index in [1.165, 1.54) is 12.1 Å². The van der Waals surface area contributed by atoms with Gasteiger partial charge in [-0.3, -0.25) is 0 Å². The molecule has 4 rings (SSSR count). The Labute approximate surface area is 197 Å². The summed E-state index contributed by atoms with van der Waals surface area (Å²) in [6, 6.07) is 15.1. The third-order valence-corrected chi connectivity index (χ3v) is 6.18. The van der Waals surface area contributed by atoms with Gasteiger partial charge in [0.25, 0.3) is 0 Å². The zero-order chi connectivity index (χ0) is 24.8. The molecule has 2 N–H and O–H groups in total. The molecule has 0 aliphatic heterocycles. The average Bonchev–Trinajstić information content (AvgIpc) is 3.26. The van der Waals surface area contributed by atoms with Crippen molar-refractivity contribution in [3.05, 3.63) is 88.7 Å². The number of H-pyrrole nitrogens is 1. The standard InChI is InChI=1S/C28H27F3N2O/c1-16-12-18(3)22(13-17(16)2)20-11-10-19(26-32-15-25(33-26)27(4,5)34)14-23(20)21-8-6-7-9-24(21)28(29,30)31/h6-15,34H,1-5H3,(H,32,33). The van der Waals surface area contributed by atoms with Crippen LogP contribution in [0.3, 0.4) is 0 Å². The minimum Gasteiger partial charge on any atom is -0.384 e. The summed E-state index contributed by atoms with van der Waals surface area (Å²) in [5.41, 5.74) is 4.72. The molecule has 1 heterocycles. The lowest BCUT2D eigenvalue weighted by atomic mass is 9.87. The molecule has 1 aromatic heterocycles. The number of nitrogens with one attached hydrogen (secondary N) is 1. The molecule has 0 saturated carbocycles. The first-order valence-corrected chi connectivity index (χ1v) is 11.0. The van der Waals surface area contributed by atoms with Gasteiger partial charge < -0.3 is 10.1 Å². The number of imidazole rings is 1. The topological polar surface area (TPSA) is 48.9 Å². The average molecular weight is 465 g/mol. The Morgan fingerprint density at radius 3 is 2.09 bits per heavy atom. The van der Waals surface area contributed by atoms with E-state index in [2.05, 4.69) is 16.0 Å². The molecule has 6 heteroatoms. The van der Waals surface area contributed by atoms with Crippen molar-refractivity contribution in [1.29, 1.82) is 0 Å². The molecule has 0 atom stereocenters. The lowest BCUT2D eigenvalue weighted by Crippen LogP contribution is -2.15. The number of alkyl halides is 3. The molecule has 0 aliphatic rings. The largest absolute Gasteiger partial charge is 0.417 e.